The third kappa shape index (κ3) is 4.29. The van der Waals surface area contributed by atoms with Crippen molar-refractivity contribution < 1.29 is 9.47 Å². The minimum Gasteiger partial charge on any atom is -0.381 e. The van der Waals surface area contributed by atoms with Crippen LogP contribution in [0.5, 0.6) is 0 Å². The molecule has 2 saturated heterocycles. The molecule has 2 aliphatic rings. The molecule has 1 unspecified atom stereocenters. The Kier molecular flexibility index (Phi) is 5.28. The molecular formula is C18H27NO2. The molecule has 0 radical (unpaired) electrons. The molecular weight excluding hydrogens is 262 g/mol. The maximum atomic E-state index is 6.09. The average Bonchev–Trinajstić information content (AvgIpc) is 2.54. The fourth-order valence-corrected chi connectivity index (χ4v) is 3.54. The van der Waals surface area contributed by atoms with Gasteiger partial charge in [-0.25, -0.2) is 0 Å². The number of aryl methyl sites for hydroxylation is 1. The summed E-state index contributed by atoms with van der Waals surface area (Å²) in [6.45, 7) is 3.73. The smallest absolute Gasteiger partial charge is 0.0741 e. The van der Waals surface area contributed by atoms with Crippen molar-refractivity contribution in [3.8, 4) is 0 Å². The van der Waals surface area contributed by atoms with E-state index in [2.05, 4.69) is 35.6 Å². The number of benzene rings is 1. The Bertz CT molecular complexity index is 409. The van der Waals surface area contributed by atoms with E-state index in [1.807, 2.05) is 0 Å². The van der Waals surface area contributed by atoms with Crippen molar-refractivity contribution in [2.45, 2.75) is 50.2 Å². The number of hydrogen-bond acceptors (Lipinski definition) is 3. The molecule has 2 heterocycles. The second-order valence-electron chi connectivity index (χ2n) is 6.38. The summed E-state index contributed by atoms with van der Waals surface area (Å²) >= 11 is 0. The molecule has 2 aliphatic heterocycles. The van der Waals surface area contributed by atoms with Crippen LogP contribution >= 0.6 is 0 Å². The molecule has 0 bridgehead atoms. The third-order valence-corrected chi connectivity index (χ3v) is 4.82. The number of nitrogens with one attached hydrogen (secondary N) is 1. The normalized spacial score (nSPS) is 25.0. The maximum Gasteiger partial charge on any atom is 0.0741 e. The molecule has 0 aromatic heterocycles. The Labute approximate surface area is 128 Å². The van der Waals surface area contributed by atoms with Crippen molar-refractivity contribution in [2.75, 3.05) is 26.4 Å². The summed E-state index contributed by atoms with van der Waals surface area (Å²) in [7, 11) is 0. The van der Waals surface area contributed by atoms with E-state index in [9.17, 15) is 0 Å². The molecule has 3 nitrogen and oxygen atoms in total. The van der Waals surface area contributed by atoms with Gasteiger partial charge in [-0.05, 0) is 50.6 Å². The van der Waals surface area contributed by atoms with Gasteiger partial charge in [0, 0.05) is 25.9 Å². The van der Waals surface area contributed by atoms with Crippen LogP contribution in [0.2, 0.25) is 0 Å². The molecule has 1 aromatic rings. The topological polar surface area (TPSA) is 30.5 Å². The molecule has 1 N–H and O–H groups in total. The molecule has 3 rings (SSSR count). The summed E-state index contributed by atoms with van der Waals surface area (Å²) < 4.78 is 11.6. The van der Waals surface area contributed by atoms with Gasteiger partial charge in [0.2, 0.25) is 0 Å². The van der Waals surface area contributed by atoms with Crippen LogP contribution in [0.1, 0.15) is 37.7 Å². The van der Waals surface area contributed by atoms with Crippen LogP contribution in [0, 0.1) is 0 Å². The number of hydrogen-bond donors (Lipinski definition) is 1. The Morgan fingerprint density at radius 2 is 1.90 bits per heavy atom. The summed E-state index contributed by atoms with van der Waals surface area (Å²) in [5, 5.41) is 3.74. The Morgan fingerprint density at radius 3 is 2.71 bits per heavy atom. The van der Waals surface area contributed by atoms with E-state index in [0.717, 1.165) is 58.5 Å². The first kappa shape index (κ1) is 15.0. The van der Waals surface area contributed by atoms with Gasteiger partial charge in [-0.2, -0.15) is 0 Å². The molecule has 1 atom stereocenters. The highest BCUT2D eigenvalue weighted by Crippen LogP contribution is 2.34. The molecule has 1 spiro atoms. The lowest BCUT2D eigenvalue weighted by atomic mass is 9.84. The predicted molar refractivity (Wildman–Crippen MR) is 84.5 cm³/mol. The van der Waals surface area contributed by atoms with Gasteiger partial charge in [0.25, 0.3) is 0 Å². The molecule has 116 valence electrons. The molecule has 0 aliphatic carbocycles. The van der Waals surface area contributed by atoms with Crippen LogP contribution < -0.4 is 5.32 Å². The van der Waals surface area contributed by atoms with E-state index in [4.69, 9.17) is 9.47 Å². The summed E-state index contributed by atoms with van der Waals surface area (Å²) in [5.74, 6) is 0. The fraction of sp³-hybridized carbons (Fsp3) is 0.667. The van der Waals surface area contributed by atoms with Crippen LogP contribution in [-0.2, 0) is 15.9 Å². The monoisotopic (exact) mass is 289 g/mol. The average molecular weight is 289 g/mol. The maximum absolute atomic E-state index is 6.09. The summed E-state index contributed by atoms with van der Waals surface area (Å²) in [4.78, 5) is 0. The van der Waals surface area contributed by atoms with Crippen molar-refractivity contribution in [1.82, 2.24) is 5.32 Å². The van der Waals surface area contributed by atoms with Gasteiger partial charge in [-0.15, -0.1) is 0 Å². The summed E-state index contributed by atoms with van der Waals surface area (Å²) in [5.41, 5.74) is 1.54. The quantitative estimate of drug-likeness (QED) is 0.845. The zero-order valence-electron chi connectivity index (χ0n) is 12.9. The van der Waals surface area contributed by atoms with Crippen molar-refractivity contribution in [1.29, 1.82) is 0 Å². The lowest BCUT2D eigenvalue weighted by Crippen LogP contribution is -2.50. The second kappa shape index (κ2) is 7.39. The van der Waals surface area contributed by atoms with Gasteiger partial charge < -0.3 is 14.8 Å². The molecule has 2 fully saturated rings. The van der Waals surface area contributed by atoms with E-state index < -0.39 is 0 Å². The van der Waals surface area contributed by atoms with Gasteiger partial charge >= 0.3 is 0 Å². The zero-order valence-corrected chi connectivity index (χ0v) is 12.9. The first-order chi connectivity index (χ1) is 10.4. The molecule has 0 amide bonds. The van der Waals surface area contributed by atoms with E-state index in [-0.39, 0.29) is 5.60 Å². The van der Waals surface area contributed by atoms with Crippen molar-refractivity contribution in [2.24, 2.45) is 0 Å². The third-order valence-electron chi connectivity index (χ3n) is 4.82. The molecule has 3 heteroatoms. The fourth-order valence-electron chi connectivity index (χ4n) is 3.54. The van der Waals surface area contributed by atoms with Gasteiger partial charge in [0.05, 0.1) is 5.60 Å². The van der Waals surface area contributed by atoms with E-state index in [1.54, 1.807) is 0 Å². The SMILES string of the molecule is c1ccc(CCCNC2CCOC3(CCOCC3)C2)cc1. The molecule has 0 saturated carbocycles. The van der Waals surface area contributed by atoms with Crippen LogP contribution in [0.3, 0.4) is 0 Å². The number of ether oxygens (including phenoxy) is 2. The highest BCUT2D eigenvalue weighted by Gasteiger charge is 2.38. The standard InChI is InChI=1S/C18H27NO2/c1-2-5-16(6-3-1)7-4-11-19-17-8-12-21-18(15-17)9-13-20-14-10-18/h1-3,5-6,17,19H,4,7-15H2. The van der Waals surface area contributed by atoms with Crippen LogP contribution in [0.4, 0.5) is 0 Å². The van der Waals surface area contributed by atoms with Crippen molar-refractivity contribution in [3.05, 3.63) is 35.9 Å². The minimum atomic E-state index is 0.105. The minimum absolute atomic E-state index is 0.105. The van der Waals surface area contributed by atoms with Gasteiger partial charge in [0.1, 0.15) is 0 Å². The Hall–Kier alpha value is -0.900. The van der Waals surface area contributed by atoms with E-state index >= 15 is 0 Å². The summed E-state index contributed by atoms with van der Waals surface area (Å²) in [6, 6.07) is 11.4. The molecule has 1 aromatic carbocycles. The van der Waals surface area contributed by atoms with Crippen molar-refractivity contribution >= 4 is 0 Å². The van der Waals surface area contributed by atoms with Gasteiger partial charge in [0.15, 0.2) is 0 Å². The largest absolute Gasteiger partial charge is 0.381 e. The Balaban J connectivity index is 1.39. The van der Waals surface area contributed by atoms with Gasteiger partial charge in [-0.3, -0.25) is 0 Å². The number of rotatable bonds is 5. The Morgan fingerprint density at radius 1 is 1.10 bits per heavy atom. The second-order valence-corrected chi connectivity index (χ2v) is 6.38. The van der Waals surface area contributed by atoms with Crippen molar-refractivity contribution in [3.63, 3.8) is 0 Å². The van der Waals surface area contributed by atoms with Crippen LogP contribution in [0.25, 0.3) is 0 Å². The zero-order chi connectivity index (χ0) is 14.4. The first-order valence-corrected chi connectivity index (χ1v) is 8.35. The first-order valence-electron chi connectivity index (χ1n) is 8.35. The van der Waals surface area contributed by atoms with Crippen LogP contribution in [0.15, 0.2) is 30.3 Å². The van der Waals surface area contributed by atoms with Gasteiger partial charge in [-0.1, -0.05) is 30.3 Å². The van der Waals surface area contributed by atoms with Crippen LogP contribution in [-0.4, -0.2) is 38.0 Å². The summed E-state index contributed by atoms with van der Waals surface area (Å²) in [6.07, 6.45) is 6.80. The predicted octanol–water partition coefficient (Wildman–Crippen LogP) is 2.94. The van der Waals surface area contributed by atoms with E-state index in [1.165, 1.54) is 12.0 Å². The lowest BCUT2D eigenvalue weighted by Gasteiger charge is -2.43. The van der Waals surface area contributed by atoms with E-state index in [0.29, 0.717) is 6.04 Å². The highest BCUT2D eigenvalue weighted by atomic mass is 16.5. The highest BCUT2D eigenvalue weighted by molar-refractivity contribution is 5.14. The lowest BCUT2D eigenvalue weighted by molar-refractivity contribution is -0.140. The molecule has 21 heavy (non-hydrogen) atoms.